The minimum absolute atomic E-state index is 0.0174. The molecule has 28 heavy (non-hydrogen) atoms. The summed E-state index contributed by atoms with van der Waals surface area (Å²) in [5, 5.41) is 0.302. The maximum Gasteiger partial charge on any atom is 0.314 e. The molecule has 5 heteroatoms. The van der Waals surface area contributed by atoms with E-state index in [1.807, 2.05) is 6.08 Å². The molecule has 0 aromatic heterocycles. The first kappa shape index (κ1) is 21.6. The summed E-state index contributed by atoms with van der Waals surface area (Å²) in [6, 6.07) is 8.63. The molecule has 1 saturated carbocycles. The fraction of sp³-hybridized carbons (Fsp3) is 0.609. The predicted molar refractivity (Wildman–Crippen MR) is 116 cm³/mol. The Morgan fingerprint density at radius 1 is 1.18 bits per heavy atom. The van der Waals surface area contributed by atoms with Gasteiger partial charge in [0.25, 0.3) is 0 Å². The summed E-state index contributed by atoms with van der Waals surface area (Å²) in [7, 11) is -0.495. The van der Waals surface area contributed by atoms with E-state index in [1.54, 1.807) is 6.07 Å². The number of hydrogen-bond donors (Lipinski definition) is 0. The van der Waals surface area contributed by atoms with E-state index >= 15 is 0 Å². The molecule has 1 aromatic rings. The number of hydrogen-bond acceptors (Lipinski definition) is 2. The van der Waals surface area contributed by atoms with Crippen LogP contribution in [-0.4, -0.2) is 14.8 Å². The highest BCUT2D eigenvalue weighted by Gasteiger charge is 2.34. The van der Waals surface area contributed by atoms with Gasteiger partial charge in [-0.25, -0.2) is 4.39 Å². The molecule has 0 atom stereocenters. The summed E-state index contributed by atoms with van der Waals surface area (Å²) < 4.78 is 19.2. The van der Waals surface area contributed by atoms with E-state index < -0.39 is 14.6 Å². The van der Waals surface area contributed by atoms with Crippen molar-refractivity contribution in [3.63, 3.8) is 0 Å². The zero-order valence-corrected chi connectivity index (χ0v) is 18.6. The van der Waals surface area contributed by atoms with Crippen LogP contribution in [0, 0.1) is 23.6 Å². The molecule has 2 fully saturated rings. The third-order valence-corrected chi connectivity index (χ3v) is 10.5. The van der Waals surface area contributed by atoms with Crippen molar-refractivity contribution in [2.24, 2.45) is 17.8 Å². The Kier molecular flexibility index (Phi) is 8.16. The summed E-state index contributed by atoms with van der Waals surface area (Å²) >= 11 is 5.75. The fourth-order valence-electron chi connectivity index (χ4n) is 5.08. The van der Waals surface area contributed by atoms with E-state index in [2.05, 4.69) is 6.58 Å². The molecule has 2 aliphatic rings. The third kappa shape index (κ3) is 5.93. The van der Waals surface area contributed by atoms with Gasteiger partial charge in [-0.05, 0) is 62.1 Å². The van der Waals surface area contributed by atoms with Crippen LogP contribution < -0.4 is 4.74 Å². The first-order valence-corrected chi connectivity index (χ1v) is 13.7. The van der Waals surface area contributed by atoms with Gasteiger partial charge >= 0.3 is 5.97 Å². The molecule has 0 bridgehead atoms. The Hall–Kier alpha value is -1.13. The van der Waals surface area contributed by atoms with Gasteiger partial charge in [-0.3, -0.25) is 4.79 Å². The molecule has 0 spiro atoms. The highest BCUT2D eigenvalue weighted by molar-refractivity contribution is 6.58. The van der Waals surface area contributed by atoms with Crippen LogP contribution in [-0.2, 0) is 4.79 Å². The van der Waals surface area contributed by atoms with Crippen LogP contribution in [0.5, 0.6) is 5.75 Å². The van der Waals surface area contributed by atoms with Gasteiger partial charge in [0, 0.05) is 13.8 Å². The summed E-state index contributed by atoms with van der Waals surface area (Å²) in [6.45, 7) is 3.82. The lowest BCUT2D eigenvalue weighted by Gasteiger charge is -2.37. The SMILES string of the molecule is C=CCCC[SiH]1CCC(C2CCC(C(=O)Oc3ccc(Cl)cc3F)CC2)CC1. The van der Waals surface area contributed by atoms with Crippen LogP contribution in [0.2, 0.25) is 23.2 Å². The Morgan fingerprint density at radius 3 is 2.50 bits per heavy atom. The Morgan fingerprint density at radius 2 is 1.86 bits per heavy atom. The van der Waals surface area contributed by atoms with E-state index in [4.69, 9.17) is 16.3 Å². The average molecular weight is 423 g/mol. The number of unbranched alkanes of at least 4 members (excludes halogenated alkanes) is 1. The molecule has 0 unspecified atom stereocenters. The molecule has 1 heterocycles. The number of carbonyl (C=O) groups is 1. The van der Waals surface area contributed by atoms with E-state index in [0.29, 0.717) is 5.02 Å². The lowest BCUT2D eigenvalue weighted by atomic mass is 9.74. The summed E-state index contributed by atoms with van der Waals surface area (Å²) in [4.78, 5) is 12.4. The average Bonchev–Trinajstić information content (AvgIpc) is 2.71. The zero-order valence-electron chi connectivity index (χ0n) is 16.7. The fourth-order valence-corrected chi connectivity index (χ4v) is 8.71. The van der Waals surface area contributed by atoms with Gasteiger partial charge < -0.3 is 4.74 Å². The molecule has 1 saturated heterocycles. The largest absolute Gasteiger partial charge is 0.423 e. The van der Waals surface area contributed by atoms with Crippen LogP contribution in [0.25, 0.3) is 0 Å². The van der Waals surface area contributed by atoms with E-state index in [0.717, 1.165) is 37.5 Å². The second-order valence-electron chi connectivity index (χ2n) is 8.61. The monoisotopic (exact) mass is 422 g/mol. The lowest BCUT2D eigenvalue weighted by molar-refractivity contribution is -0.140. The standard InChI is InChI=1S/C23H32ClFO2Si/c1-2-3-4-13-28-14-11-18(12-15-28)17-5-7-19(8-6-17)23(26)27-22-10-9-20(24)16-21(22)25/h2,9-10,16-19,28H,1,3-8,11-15H2. The number of halogens is 2. The molecule has 1 aliphatic carbocycles. The Bertz CT molecular complexity index is 665. The molecular weight excluding hydrogens is 391 g/mol. The normalized spacial score (nSPS) is 27.9. The van der Waals surface area contributed by atoms with Gasteiger partial charge in [0.1, 0.15) is 0 Å². The number of rotatable bonds is 7. The van der Waals surface area contributed by atoms with Gasteiger partial charge in [0.05, 0.1) is 5.92 Å². The van der Waals surface area contributed by atoms with Crippen molar-refractivity contribution in [1.29, 1.82) is 0 Å². The number of allylic oxidation sites excluding steroid dienone is 1. The van der Waals surface area contributed by atoms with Gasteiger partial charge in [-0.15, -0.1) is 6.58 Å². The molecule has 1 aliphatic heterocycles. The van der Waals surface area contributed by atoms with Crippen molar-refractivity contribution < 1.29 is 13.9 Å². The topological polar surface area (TPSA) is 26.3 Å². The summed E-state index contributed by atoms with van der Waals surface area (Å²) in [5.41, 5.74) is 0. The minimum atomic E-state index is -0.580. The number of esters is 1. The van der Waals surface area contributed by atoms with Crippen molar-refractivity contribution >= 4 is 26.4 Å². The van der Waals surface area contributed by atoms with Gasteiger partial charge in [-0.2, -0.15) is 0 Å². The molecule has 154 valence electrons. The van der Waals surface area contributed by atoms with Gasteiger partial charge in [0.2, 0.25) is 0 Å². The van der Waals surface area contributed by atoms with Crippen LogP contribution in [0.15, 0.2) is 30.9 Å². The molecule has 0 N–H and O–H groups in total. The highest BCUT2D eigenvalue weighted by Crippen LogP contribution is 2.41. The van der Waals surface area contributed by atoms with Crippen molar-refractivity contribution in [1.82, 2.24) is 0 Å². The molecule has 1 aromatic carbocycles. The number of ether oxygens (including phenoxy) is 1. The highest BCUT2D eigenvalue weighted by atomic mass is 35.5. The maximum atomic E-state index is 13.8. The smallest absolute Gasteiger partial charge is 0.314 e. The summed E-state index contributed by atoms with van der Waals surface area (Å²) in [5.74, 6) is 0.627. The maximum absolute atomic E-state index is 13.8. The van der Waals surface area contributed by atoms with Crippen LogP contribution in [0.1, 0.15) is 51.4 Å². The summed E-state index contributed by atoms with van der Waals surface area (Å²) in [6.07, 6.45) is 11.3. The van der Waals surface area contributed by atoms with E-state index in [1.165, 1.54) is 55.9 Å². The van der Waals surface area contributed by atoms with Crippen LogP contribution in [0.3, 0.4) is 0 Å². The quantitative estimate of drug-likeness (QED) is 0.159. The lowest BCUT2D eigenvalue weighted by Crippen LogP contribution is -2.31. The van der Waals surface area contributed by atoms with Crippen molar-refractivity contribution in [2.75, 3.05) is 0 Å². The predicted octanol–water partition coefficient (Wildman–Crippen LogP) is 6.79. The number of benzene rings is 1. The van der Waals surface area contributed by atoms with Gasteiger partial charge in [-0.1, -0.05) is 55.1 Å². The minimum Gasteiger partial charge on any atom is -0.423 e. The second-order valence-corrected chi connectivity index (χ2v) is 12.5. The van der Waals surface area contributed by atoms with Crippen molar-refractivity contribution in [3.05, 3.63) is 41.7 Å². The van der Waals surface area contributed by atoms with Crippen LogP contribution >= 0.6 is 11.6 Å². The molecule has 0 amide bonds. The van der Waals surface area contributed by atoms with E-state index in [-0.39, 0.29) is 17.6 Å². The second kappa shape index (κ2) is 10.6. The Labute approximate surface area is 175 Å². The van der Waals surface area contributed by atoms with Crippen LogP contribution in [0.4, 0.5) is 4.39 Å². The van der Waals surface area contributed by atoms with E-state index in [9.17, 15) is 9.18 Å². The number of carbonyl (C=O) groups excluding carboxylic acids is 1. The zero-order chi connectivity index (χ0) is 19.9. The Balaban J connectivity index is 1.41. The van der Waals surface area contributed by atoms with Crippen molar-refractivity contribution in [3.8, 4) is 5.75 Å². The molecule has 3 rings (SSSR count). The molecule has 2 nitrogen and oxygen atoms in total. The van der Waals surface area contributed by atoms with Crippen molar-refractivity contribution in [2.45, 2.75) is 69.5 Å². The first-order chi connectivity index (χ1) is 13.6. The third-order valence-electron chi connectivity index (χ3n) is 6.79. The molecular formula is C23H32ClFO2Si. The van der Waals surface area contributed by atoms with Gasteiger partial charge in [0.15, 0.2) is 11.6 Å². The molecule has 0 radical (unpaired) electrons. The first-order valence-electron chi connectivity index (χ1n) is 10.8.